The Bertz CT molecular complexity index is 574. The molecular formula is C17H18F3N. The summed E-state index contributed by atoms with van der Waals surface area (Å²) in [6.07, 6.45) is 0.875. The molecule has 0 heterocycles. The van der Waals surface area contributed by atoms with Crippen molar-refractivity contribution in [2.45, 2.75) is 26.3 Å². The van der Waals surface area contributed by atoms with E-state index < -0.39 is 17.7 Å². The van der Waals surface area contributed by atoms with Gasteiger partial charge in [0.25, 0.3) is 0 Å². The maximum Gasteiger partial charge on any atom is 0.131 e. The first-order chi connectivity index (χ1) is 10.0. The van der Waals surface area contributed by atoms with Gasteiger partial charge >= 0.3 is 0 Å². The minimum Gasteiger partial charge on any atom is -0.306 e. The zero-order valence-corrected chi connectivity index (χ0v) is 12.1. The van der Waals surface area contributed by atoms with Gasteiger partial charge in [-0.1, -0.05) is 19.1 Å². The van der Waals surface area contributed by atoms with Gasteiger partial charge in [0.1, 0.15) is 17.5 Å². The van der Waals surface area contributed by atoms with Gasteiger partial charge in [-0.25, -0.2) is 13.2 Å². The highest BCUT2D eigenvalue weighted by molar-refractivity contribution is 5.37. The number of benzene rings is 2. The van der Waals surface area contributed by atoms with E-state index in [9.17, 15) is 13.2 Å². The van der Waals surface area contributed by atoms with Crippen molar-refractivity contribution in [3.05, 3.63) is 70.5 Å². The van der Waals surface area contributed by atoms with Crippen LogP contribution in [-0.2, 0) is 0 Å². The summed E-state index contributed by atoms with van der Waals surface area (Å²) in [6, 6.07) is 7.52. The number of nitrogens with one attached hydrogen (secondary N) is 1. The molecule has 0 aliphatic carbocycles. The summed E-state index contributed by atoms with van der Waals surface area (Å²) in [7, 11) is 0. The first-order valence-corrected chi connectivity index (χ1v) is 6.97. The second kappa shape index (κ2) is 6.76. The predicted molar refractivity (Wildman–Crippen MR) is 77.6 cm³/mol. The fourth-order valence-corrected chi connectivity index (χ4v) is 2.37. The minimum atomic E-state index is -0.610. The van der Waals surface area contributed by atoms with Crippen molar-refractivity contribution in [1.29, 1.82) is 0 Å². The third-order valence-electron chi connectivity index (χ3n) is 3.41. The van der Waals surface area contributed by atoms with Crippen LogP contribution in [0.25, 0.3) is 0 Å². The van der Waals surface area contributed by atoms with Crippen LogP contribution < -0.4 is 5.32 Å². The standard InChI is InChI=1S/C17H18F3N/c1-3-8-21-17(14-6-4-12(18)9-11(14)2)15-7-5-13(19)10-16(15)20/h4-7,9-10,17,21H,3,8H2,1-2H3. The summed E-state index contributed by atoms with van der Waals surface area (Å²) < 4.78 is 40.4. The molecule has 4 heteroatoms. The van der Waals surface area contributed by atoms with Gasteiger partial charge < -0.3 is 5.32 Å². The van der Waals surface area contributed by atoms with Gasteiger partial charge in [-0.05, 0) is 49.2 Å². The molecule has 112 valence electrons. The highest BCUT2D eigenvalue weighted by atomic mass is 19.1. The summed E-state index contributed by atoms with van der Waals surface area (Å²) in [5.74, 6) is -1.54. The molecule has 2 aromatic carbocycles. The van der Waals surface area contributed by atoms with Crippen molar-refractivity contribution < 1.29 is 13.2 Å². The van der Waals surface area contributed by atoms with E-state index in [-0.39, 0.29) is 5.82 Å². The number of rotatable bonds is 5. The Morgan fingerprint density at radius 2 is 1.57 bits per heavy atom. The van der Waals surface area contributed by atoms with Gasteiger partial charge in [-0.2, -0.15) is 0 Å². The van der Waals surface area contributed by atoms with Crippen LogP contribution in [0.3, 0.4) is 0 Å². The molecule has 2 rings (SSSR count). The van der Waals surface area contributed by atoms with Crippen LogP contribution in [0, 0.1) is 24.4 Å². The zero-order valence-electron chi connectivity index (χ0n) is 12.1. The van der Waals surface area contributed by atoms with Crippen molar-refractivity contribution >= 4 is 0 Å². The third kappa shape index (κ3) is 3.64. The second-order valence-corrected chi connectivity index (χ2v) is 5.05. The van der Waals surface area contributed by atoms with Crippen LogP contribution in [0.5, 0.6) is 0 Å². The molecule has 0 saturated heterocycles. The Morgan fingerprint density at radius 1 is 0.952 bits per heavy atom. The van der Waals surface area contributed by atoms with Crippen LogP contribution in [-0.4, -0.2) is 6.54 Å². The number of hydrogen-bond acceptors (Lipinski definition) is 1. The molecular weight excluding hydrogens is 275 g/mol. The van der Waals surface area contributed by atoms with E-state index >= 15 is 0 Å². The van der Waals surface area contributed by atoms with Crippen molar-refractivity contribution in [1.82, 2.24) is 5.32 Å². The molecule has 1 nitrogen and oxygen atoms in total. The molecule has 2 aromatic rings. The lowest BCUT2D eigenvalue weighted by Crippen LogP contribution is -2.25. The molecule has 0 aliphatic heterocycles. The monoisotopic (exact) mass is 293 g/mol. The van der Waals surface area contributed by atoms with E-state index in [1.165, 1.54) is 24.3 Å². The van der Waals surface area contributed by atoms with Gasteiger partial charge in [0.05, 0.1) is 6.04 Å². The van der Waals surface area contributed by atoms with Crippen molar-refractivity contribution in [2.24, 2.45) is 0 Å². The molecule has 21 heavy (non-hydrogen) atoms. The van der Waals surface area contributed by atoms with E-state index in [4.69, 9.17) is 0 Å². The van der Waals surface area contributed by atoms with Crippen LogP contribution >= 0.6 is 0 Å². The van der Waals surface area contributed by atoms with Gasteiger partial charge in [0.2, 0.25) is 0 Å². The summed E-state index contributed by atoms with van der Waals surface area (Å²) in [5.41, 5.74) is 1.88. The quantitative estimate of drug-likeness (QED) is 0.855. The van der Waals surface area contributed by atoms with E-state index in [1.807, 2.05) is 6.92 Å². The van der Waals surface area contributed by atoms with Crippen molar-refractivity contribution in [2.75, 3.05) is 6.54 Å². The molecule has 0 fully saturated rings. The molecule has 0 saturated carbocycles. The maximum atomic E-state index is 14.1. The smallest absolute Gasteiger partial charge is 0.131 e. The zero-order chi connectivity index (χ0) is 15.4. The van der Waals surface area contributed by atoms with Crippen LogP contribution in [0.2, 0.25) is 0 Å². The van der Waals surface area contributed by atoms with Gasteiger partial charge in [0.15, 0.2) is 0 Å². The van der Waals surface area contributed by atoms with E-state index in [0.717, 1.165) is 23.6 Å². The molecule has 0 radical (unpaired) electrons. The molecule has 1 N–H and O–H groups in total. The predicted octanol–water partition coefficient (Wildman–Crippen LogP) is 4.50. The molecule has 0 aliphatic rings. The molecule has 0 spiro atoms. The Balaban J connectivity index is 2.46. The first-order valence-electron chi connectivity index (χ1n) is 6.97. The third-order valence-corrected chi connectivity index (χ3v) is 3.41. The Kier molecular flexibility index (Phi) is 5.02. The van der Waals surface area contributed by atoms with Crippen LogP contribution in [0.4, 0.5) is 13.2 Å². The highest BCUT2D eigenvalue weighted by Gasteiger charge is 2.19. The Labute approximate surface area is 122 Å². The normalized spacial score (nSPS) is 12.4. The highest BCUT2D eigenvalue weighted by Crippen LogP contribution is 2.27. The number of hydrogen-bond donors (Lipinski definition) is 1. The fourth-order valence-electron chi connectivity index (χ4n) is 2.37. The van der Waals surface area contributed by atoms with E-state index in [2.05, 4.69) is 5.32 Å². The lowest BCUT2D eigenvalue weighted by atomic mass is 9.94. The number of halogens is 3. The minimum absolute atomic E-state index is 0.329. The summed E-state index contributed by atoms with van der Waals surface area (Å²) in [6.45, 7) is 4.46. The summed E-state index contributed by atoms with van der Waals surface area (Å²) in [5, 5.41) is 3.24. The lowest BCUT2D eigenvalue weighted by Gasteiger charge is -2.22. The Morgan fingerprint density at radius 3 is 2.14 bits per heavy atom. The first kappa shape index (κ1) is 15.6. The average molecular weight is 293 g/mol. The Hall–Kier alpha value is -1.81. The fraction of sp³-hybridized carbons (Fsp3) is 0.294. The van der Waals surface area contributed by atoms with Crippen molar-refractivity contribution in [3.63, 3.8) is 0 Å². The van der Waals surface area contributed by atoms with Gasteiger partial charge in [-0.3, -0.25) is 0 Å². The number of aryl methyl sites for hydroxylation is 1. The van der Waals surface area contributed by atoms with Crippen molar-refractivity contribution in [3.8, 4) is 0 Å². The largest absolute Gasteiger partial charge is 0.306 e. The van der Waals surface area contributed by atoms with E-state index in [1.54, 1.807) is 13.0 Å². The maximum absolute atomic E-state index is 14.1. The molecule has 0 amide bonds. The summed E-state index contributed by atoms with van der Waals surface area (Å²) >= 11 is 0. The van der Waals surface area contributed by atoms with Crippen LogP contribution in [0.15, 0.2) is 36.4 Å². The lowest BCUT2D eigenvalue weighted by molar-refractivity contribution is 0.531. The SMILES string of the molecule is CCCNC(c1ccc(F)cc1C)c1ccc(F)cc1F. The average Bonchev–Trinajstić information content (AvgIpc) is 2.42. The molecule has 0 bridgehead atoms. The van der Waals surface area contributed by atoms with Gasteiger partial charge in [-0.15, -0.1) is 0 Å². The molecule has 0 aromatic heterocycles. The van der Waals surface area contributed by atoms with Crippen LogP contribution in [0.1, 0.15) is 36.1 Å². The molecule has 1 atom stereocenters. The second-order valence-electron chi connectivity index (χ2n) is 5.05. The van der Waals surface area contributed by atoms with E-state index in [0.29, 0.717) is 12.1 Å². The van der Waals surface area contributed by atoms with Gasteiger partial charge in [0, 0.05) is 11.6 Å². The molecule has 1 unspecified atom stereocenters. The summed E-state index contributed by atoms with van der Waals surface area (Å²) in [4.78, 5) is 0. The topological polar surface area (TPSA) is 12.0 Å².